The summed E-state index contributed by atoms with van der Waals surface area (Å²) in [5, 5.41) is 2.67. The molecule has 0 saturated carbocycles. The molecule has 2 aromatic rings. The summed E-state index contributed by atoms with van der Waals surface area (Å²) >= 11 is 1.45. The Morgan fingerprint density at radius 1 is 1.32 bits per heavy atom. The van der Waals surface area contributed by atoms with Gasteiger partial charge in [0.2, 0.25) is 0 Å². The van der Waals surface area contributed by atoms with Crippen LogP contribution in [-0.4, -0.2) is 28.4 Å². The van der Waals surface area contributed by atoms with E-state index in [0.717, 1.165) is 5.01 Å². The van der Waals surface area contributed by atoms with E-state index >= 15 is 0 Å². The van der Waals surface area contributed by atoms with Gasteiger partial charge in [0.15, 0.2) is 5.43 Å². The monoisotopic (exact) mass is 322 g/mol. The van der Waals surface area contributed by atoms with Crippen LogP contribution in [0.2, 0.25) is 0 Å². The van der Waals surface area contributed by atoms with Gasteiger partial charge in [-0.3, -0.25) is 4.79 Å². The maximum Gasteiger partial charge on any atom is 0.548 e. The largest absolute Gasteiger partial charge is 0.548 e. The Morgan fingerprint density at radius 3 is 2.36 bits per heavy atom. The number of carbonyl (C=O) groups is 1. The highest BCUT2D eigenvalue weighted by molar-refractivity contribution is 7.09. The number of nitrogens with zero attached hydrogens (tertiary/aromatic N) is 3. The quantitative estimate of drug-likeness (QED) is 0.798. The van der Waals surface area contributed by atoms with Gasteiger partial charge in [0.1, 0.15) is 12.6 Å². The molecule has 0 bridgehead atoms. The predicted molar refractivity (Wildman–Crippen MR) is 86.9 cm³/mol. The maximum absolute atomic E-state index is 12.8. The van der Waals surface area contributed by atoms with E-state index in [-0.39, 0.29) is 10.0 Å². The Hall–Kier alpha value is -1.99. The maximum atomic E-state index is 12.8. The van der Waals surface area contributed by atoms with Crippen LogP contribution < -0.4 is 10.0 Å². The van der Waals surface area contributed by atoms with Gasteiger partial charge in [0.05, 0.1) is 22.8 Å². The van der Waals surface area contributed by atoms with Crippen molar-refractivity contribution in [2.45, 2.75) is 33.3 Å². The predicted octanol–water partition coefficient (Wildman–Crippen LogP) is 2.95. The number of thiazole rings is 1. The molecule has 1 unspecified atom stereocenters. The molecule has 0 aromatic carbocycles. The number of amides is 1. The molecule has 6 nitrogen and oxygen atoms in total. The van der Waals surface area contributed by atoms with Crippen molar-refractivity contribution in [1.82, 2.24) is 14.3 Å². The second-order valence-electron chi connectivity index (χ2n) is 6.08. The van der Waals surface area contributed by atoms with Crippen LogP contribution in [0.25, 0.3) is 0 Å². The van der Waals surface area contributed by atoms with Gasteiger partial charge in [-0.15, -0.1) is 11.3 Å². The van der Waals surface area contributed by atoms with Gasteiger partial charge < -0.3 is 4.74 Å². The average Bonchev–Trinajstić information content (AvgIpc) is 2.83. The third-order valence-corrected chi connectivity index (χ3v) is 3.81. The van der Waals surface area contributed by atoms with E-state index in [2.05, 4.69) is 4.98 Å². The van der Waals surface area contributed by atoms with E-state index in [1.165, 1.54) is 23.5 Å². The zero-order valence-corrected chi connectivity index (χ0v) is 14.2. The molecule has 2 heterocycles. The molecule has 2 rings (SSSR count). The Morgan fingerprint density at radius 2 is 1.91 bits per heavy atom. The zero-order chi connectivity index (χ0) is 16.5. The van der Waals surface area contributed by atoms with Crippen molar-refractivity contribution >= 4 is 23.2 Å². The number of aromatic nitrogens is 2. The third kappa shape index (κ3) is 3.26. The lowest BCUT2D eigenvalue weighted by atomic mass is 10.2. The zero-order valence-electron chi connectivity index (χ0n) is 13.4. The molecule has 118 valence electrons. The normalized spacial score (nSPS) is 14.4. The Balaban J connectivity index is 2.56. The van der Waals surface area contributed by atoms with Crippen molar-refractivity contribution < 1.29 is 9.53 Å². The fourth-order valence-corrected chi connectivity index (χ4v) is 2.56. The molecular formula is C15H20N3O3S+. The first-order valence-corrected chi connectivity index (χ1v) is 7.73. The molecular weight excluding hydrogens is 302 g/mol. The summed E-state index contributed by atoms with van der Waals surface area (Å²) < 4.78 is 6.83. The number of carbonyl (C=O) groups excluding carboxylic acids is 1. The number of hydrogen-bond donors (Lipinski definition) is 0. The van der Waals surface area contributed by atoms with Crippen LogP contribution in [0.15, 0.2) is 34.7 Å². The number of ether oxygens (including phenoxy) is 1. The van der Waals surface area contributed by atoms with Crippen molar-refractivity contribution in [1.29, 1.82) is 0 Å². The van der Waals surface area contributed by atoms with Crippen LogP contribution in [0.1, 0.15) is 25.8 Å². The second kappa shape index (κ2) is 5.66. The summed E-state index contributed by atoms with van der Waals surface area (Å²) in [5.74, 6) is 0.542. The number of hydrogen-bond acceptors (Lipinski definition) is 5. The first kappa shape index (κ1) is 16.4. The first-order valence-electron chi connectivity index (χ1n) is 6.85. The smallest absolute Gasteiger partial charge is 0.412 e. The molecule has 0 saturated heterocycles. The van der Waals surface area contributed by atoms with Crippen LogP contribution in [-0.2, 0) is 4.74 Å². The molecule has 0 fully saturated rings. The SMILES string of the molecule is Cc1nc([N+](C)(C(=O)OC(C)(C)C)n2ccc(=O)cc2)cs1. The molecule has 0 N–H and O–H groups in total. The van der Waals surface area contributed by atoms with E-state index in [9.17, 15) is 9.59 Å². The molecule has 0 aliphatic rings. The fraction of sp³-hybridized carbons (Fsp3) is 0.400. The van der Waals surface area contributed by atoms with Crippen LogP contribution in [0.4, 0.5) is 10.6 Å². The van der Waals surface area contributed by atoms with Gasteiger partial charge in [0, 0.05) is 12.1 Å². The van der Waals surface area contributed by atoms with E-state index in [4.69, 9.17) is 4.74 Å². The van der Waals surface area contributed by atoms with Crippen molar-refractivity contribution in [2.75, 3.05) is 7.05 Å². The Labute approximate surface area is 133 Å². The van der Waals surface area contributed by atoms with Crippen LogP contribution in [0.3, 0.4) is 0 Å². The Bertz CT molecular complexity index is 724. The van der Waals surface area contributed by atoms with Gasteiger partial charge in [-0.05, 0) is 27.7 Å². The number of rotatable bonds is 2. The number of quaternary nitrogens is 1. The van der Waals surface area contributed by atoms with Gasteiger partial charge >= 0.3 is 6.09 Å². The lowest BCUT2D eigenvalue weighted by molar-refractivity contribution is 0.0221. The number of aryl methyl sites for hydroxylation is 1. The van der Waals surface area contributed by atoms with E-state index in [0.29, 0.717) is 5.82 Å². The summed E-state index contributed by atoms with van der Waals surface area (Å²) in [5.41, 5.74) is -0.748. The highest BCUT2D eigenvalue weighted by atomic mass is 32.1. The number of pyridine rings is 1. The first-order chi connectivity index (χ1) is 10.1. The topological polar surface area (TPSA) is 61.2 Å². The van der Waals surface area contributed by atoms with Gasteiger partial charge in [-0.2, -0.15) is 14.5 Å². The van der Waals surface area contributed by atoms with Gasteiger partial charge in [-0.25, -0.2) is 0 Å². The molecule has 0 radical (unpaired) electrons. The highest BCUT2D eigenvalue weighted by Crippen LogP contribution is 2.27. The summed E-state index contributed by atoms with van der Waals surface area (Å²) in [7, 11) is 1.69. The van der Waals surface area contributed by atoms with Crippen LogP contribution in [0.5, 0.6) is 0 Å². The Kier molecular flexibility index (Phi) is 4.21. The molecule has 2 aromatic heterocycles. The molecule has 7 heteroatoms. The van der Waals surface area contributed by atoms with Crippen molar-refractivity contribution in [3.05, 3.63) is 45.1 Å². The molecule has 22 heavy (non-hydrogen) atoms. The highest BCUT2D eigenvalue weighted by Gasteiger charge is 2.43. The van der Waals surface area contributed by atoms with E-state index in [1.54, 1.807) is 24.1 Å². The van der Waals surface area contributed by atoms with Crippen molar-refractivity contribution in [3.63, 3.8) is 0 Å². The summed E-state index contributed by atoms with van der Waals surface area (Å²) in [6, 6.07) is 2.81. The minimum atomic E-state index is -0.624. The van der Waals surface area contributed by atoms with E-state index in [1.807, 2.05) is 33.1 Å². The fourth-order valence-electron chi connectivity index (χ4n) is 1.88. The van der Waals surface area contributed by atoms with E-state index < -0.39 is 11.7 Å². The molecule has 1 atom stereocenters. The summed E-state index contributed by atoms with van der Waals surface area (Å²) in [6.45, 7) is 7.31. The standard InChI is InChI=1S/C15H20N3O3S/c1-11-16-13(10-22-11)18(5,14(20)21-15(2,3)4)17-8-6-12(19)7-9-17/h6-10H,1-5H3/q+1. The van der Waals surface area contributed by atoms with Crippen LogP contribution in [0, 0.1) is 6.92 Å². The molecule has 0 aliphatic carbocycles. The minimum Gasteiger partial charge on any atom is -0.412 e. The van der Waals surface area contributed by atoms with Crippen LogP contribution >= 0.6 is 11.3 Å². The van der Waals surface area contributed by atoms with Crippen molar-refractivity contribution in [3.8, 4) is 0 Å². The minimum absolute atomic E-state index is 0.124. The van der Waals surface area contributed by atoms with Gasteiger partial charge in [-0.1, -0.05) is 4.59 Å². The molecule has 1 amide bonds. The second-order valence-corrected chi connectivity index (χ2v) is 7.14. The average molecular weight is 322 g/mol. The lowest BCUT2D eigenvalue weighted by Gasteiger charge is -2.31. The summed E-state index contributed by atoms with van der Waals surface area (Å²) in [6.07, 6.45) is 2.64. The third-order valence-electron chi connectivity index (χ3n) is 3.05. The molecule has 0 aliphatic heterocycles. The van der Waals surface area contributed by atoms with Gasteiger partial charge in [0.25, 0.3) is 5.82 Å². The molecule has 0 spiro atoms. The summed E-state index contributed by atoms with van der Waals surface area (Å²) in [4.78, 5) is 28.6. The van der Waals surface area contributed by atoms with Crippen molar-refractivity contribution in [2.24, 2.45) is 0 Å². The lowest BCUT2D eigenvalue weighted by Crippen LogP contribution is -2.56.